The monoisotopic (exact) mass is 476 g/mol. The van der Waals surface area contributed by atoms with Crippen molar-refractivity contribution in [3.63, 3.8) is 0 Å². The molecule has 1 aliphatic rings. The third-order valence-corrected chi connectivity index (χ3v) is 6.30. The first-order chi connectivity index (χ1) is 16.9. The predicted octanol–water partition coefficient (Wildman–Crippen LogP) is 4.69. The van der Waals surface area contributed by atoms with Gasteiger partial charge in [-0.05, 0) is 67.3 Å². The van der Waals surface area contributed by atoms with Gasteiger partial charge < -0.3 is 9.94 Å². The van der Waals surface area contributed by atoms with Crippen LogP contribution >= 0.6 is 0 Å². The summed E-state index contributed by atoms with van der Waals surface area (Å²) in [5.74, 6) is -1.49. The van der Waals surface area contributed by atoms with Crippen molar-refractivity contribution in [3.8, 4) is 11.3 Å². The molecule has 4 rings (SSSR count). The van der Waals surface area contributed by atoms with Crippen molar-refractivity contribution in [2.75, 3.05) is 13.1 Å². The second-order valence-electron chi connectivity index (χ2n) is 8.77. The maximum atomic E-state index is 13.0. The molecule has 3 aromatic rings. The molecule has 0 amide bonds. The van der Waals surface area contributed by atoms with Gasteiger partial charge >= 0.3 is 5.97 Å². The number of likely N-dealkylation sites (tertiary alicyclic amines) is 1. The van der Waals surface area contributed by atoms with Gasteiger partial charge in [0.25, 0.3) is 0 Å². The van der Waals surface area contributed by atoms with Gasteiger partial charge in [-0.2, -0.15) is 4.39 Å². The van der Waals surface area contributed by atoms with Gasteiger partial charge in [0, 0.05) is 36.6 Å². The summed E-state index contributed by atoms with van der Waals surface area (Å²) in [6, 6.07) is 13.0. The smallest absolute Gasteiger partial charge is 0.307 e. The molecule has 8 heteroatoms. The van der Waals surface area contributed by atoms with Crippen LogP contribution in [-0.4, -0.2) is 44.7 Å². The van der Waals surface area contributed by atoms with Gasteiger partial charge in [0.05, 0.1) is 17.3 Å². The molecule has 3 heterocycles. The van der Waals surface area contributed by atoms with E-state index in [0.29, 0.717) is 18.7 Å². The van der Waals surface area contributed by atoms with E-state index in [4.69, 9.17) is 4.84 Å². The SMILES string of the molecule is CCc1cc(C(C)=NOCc2ccc(-c3ccc(F)nc3)nc2)ccc1CN1CCC(C(=O)O)C1. The number of oxime groups is 1. The fraction of sp³-hybridized carbons (Fsp3) is 0.333. The number of carbonyl (C=O) groups is 1. The molecule has 0 bridgehead atoms. The van der Waals surface area contributed by atoms with E-state index in [2.05, 4.69) is 39.1 Å². The van der Waals surface area contributed by atoms with Crippen LogP contribution in [0.25, 0.3) is 11.3 Å². The van der Waals surface area contributed by atoms with Crippen LogP contribution in [0, 0.1) is 11.9 Å². The minimum Gasteiger partial charge on any atom is -0.481 e. The van der Waals surface area contributed by atoms with Crippen LogP contribution in [0.15, 0.2) is 60.0 Å². The maximum Gasteiger partial charge on any atom is 0.307 e. The first kappa shape index (κ1) is 24.5. The summed E-state index contributed by atoms with van der Waals surface area (Å²) >= 11 is 0. The van der Waals surface area contributed by atoms with E-state index < -0.39 is 11.9 Å². The number of carboxylic acids is 1. The summed E-state index contributed by atoms with van der Waals surface area (Å²) in [7, 11) is 0. The zero-order valence-electron chi connectivity index (χ0n) is 19.9. The van der Waals surface area contributed by atoms with Crippen LogP contribution in [-0.2, 0) is 29.2 Å². The number of hydrogen-bond donors (Lipinski definition) is 1. The molecule has 7 nitrogen and oxygen atoms in total. The Hall–Kier alpha value is -3.65. The van der Waals surface area contributed by atoms with Crippen LogP contribution in [0.5, 0.6) is 0 Å². The molecule has 182 valence electrons. The summed E-state index contributed by atoms with van der Waals surface area (Å²) in [4.78, 5) is 27.1. The Morgan fingerprint density at radius 3 is 2.69 bits per heavy atom. The highest BCUT2D eigenvalue weighted by molar-refractivity contribution is 5.98. The van der Waals surface area contributed by atoms with Crippen molar-refractivity contribution in [2.45, 2.75) is 39.8 Å². The number of benzene rings is 1. The molecule has 1 saturated heterocycles. The second kappa shape index (κ2) is 11.2. The summed E-state index contributed by atoms with van der Waals surface area (Å²) in [6.45, 7) is 6.49. The van der Waals surface area contributed by atoms with Crippen LogP contribution in [0.3, 0.4) is 0 Å². The molecule has 0 aliphatic carbocycles. The van der Waals surface area contributed by atoms with Gasteiger partial charge in [0.2, 0.25) is 5.95 Å². The van der Waals surface area contributed by atoms with Crippen molar-refractivity contribution in [3.05, 3.63) is 83.1 Å². The van der Waals surface area contributed by atoms with E-state index in [0.717, 1.165) is 41.9 Å². The quantitative estimate of drug-likeness (QED) is 0.274. The van der Waals surface area contributed by atoms with Gasteiger partial charge in [0.15, 0.2) is 0 Å². The first-order valence-corrected chi connectivity index (χ1v) is 11.7. The number of pyridine rings is 2. The Balaban J connectivity index is 1.35. The molecule has 1 atom stereocenters. The predicted molar refractivity (Wildman–Crippen MR) is 131 cm³/mol. The molecule has 35 heavy (non-hydrogen) atoms. The van der Waals surface area contributed by atoms with Gasteiger partial charge in [-0.15, -0.1) is 0 Å². The minimum absolute atomic E-state index is 0.266. The zero-order valence-corrected chi connectivity index (χ0v) is 19.9. The summed E-state index contributed by atoms with van der Waals surface area (Å²) in [5.41, 5.74) is 6.54. The number of aliphatic carboxylic acids is 1. The molecule has 2 aromatic heterocycles. The Bertz CT molecular complexity index is 1200. The molecule has 1 fully saturated rings. The van der Waals surface area contributed by atoms with Crippen LogP contribution in [0.1, 0.15) is 42.5 Å². The highest BCUT2D eigenvalue weighted by Gasteiger charge is 2.28. The lowest BCUT2D eigenvalue weighted by molar-refractivity contribution is -0.141. The van der Waals surface area contributed by atoms with Crippen molar-refractivity contribution in [2.24, 2.45) is 11.1 Å². The normalized spacial score (nSPS) is 16.4. The summed E-state index contributed by atoms with van der Waals surface area (Å²) in [5, 5.41) is 13.5. The van der Waals surface area contributed by atoms with Gasteiger partial charge in [0.1, 0.15) is 6.61 Å². The molecular weight excluding hydrogens is 447 g/mol. The van der Waals surface area contributed by atoms with Crippen LogP contribution in [0.2, 0.25) is 0 Å². The Morgan fingerprint density at radius 1 is 1.17 bits per heavy atom. The van der Waals surface area contributed by atoms with Crippen LogP contribution < -0.4 is 0 Å². The summed E-state index contributed by atoms with van der Waals surface area (Å²) < 4.78 is 13.0. The minimum atomic E-state index is -0.706. The standard InChI is InChI=1S/C27H29FN4O3/c1-3-20-12-21(5-6-23(20)15-32-11-10-24(16-32)27(33)34)18(2)31-35-17-19-4-8-25(29-13-19)22-7-9-26(28)30-14-22/h4-9,12-14,24H,3,10-11,15-17H2,1-2H3,(H,33,34). The van der Waals surface area contributed by atoms with E-state index in [9.17, 15) is 14.3 Å². The van der Waals surface area contributed by atoms with E-state index >= 15 is 0 Å². The molecule has 0 saturated carbocycles. The largest absolute Gasteiger partial charge is 0.481 e. The van der Waals surface area contributed by atoms with Gasteiger partial charge in [-0.3, -0.25) is 14.7 Å². The number of hydrogen-bond acceptors (Lipinski definition) is 6. The lowest BCUT2D eigenvalue weighted by Crippen LogP contribution is -2.23. The number of halogens is 1. The lowest BCUT2D eigenvalue weighted by atomic mass is 9.99. The second-order valence-corrected chi connectivity index (χ2v) is 8.77. The topological polar surface area (TPSA) is 87.9 Å². The van der Waals surface area contributed by atoms with Crippen molar-refractivity contribution >= 4 is 11.7 Å². The summed E-state index contributed by atoms with van der Waals surface area (Å²) in [6.07, 6.45) is 4.75. The molecule has 1 aliphatic heterocycles. The molecule has 1 aromatic carbocycles. The third kappa shape index (κ3) is 6.27. The van der Waals surface area contributed by atoms with Crippen molar-refractivity contribution in [1.82, 2.24) is 14.9 Å². The molecule has 1 N–H and O–H groups in total. The van der Waals surface area contributed by atoms with Crippen molar-refractivity contribution in [1.29, 1.82) is 0 Å². The Morgan fingerprint density at radius 2 is 2.03 bits per heavy atom. The first-order valence-electron chi connectivity index (χ1n) is 11.7. The fourth-order valence-corrected chi connectivity index (χ4v) is 4.22. The van der Waals surface area contributed by atoms with E-state index in [-0.39, 0.29) is 12.5 Å². The van der Waals surface area contributed by atoms with Gasteiger partial charge in [-0.1, -0.05) is 30.3 Å². The van der Waals surface area contributed by atoms with Gasteiger partial charge in [-0.25, -0.2) is 4.98 Å². The number of rotatable bonds is 9. The van der Waals surface area contributed by atoms with Crippen LogP contribution in [0.4, 0.5) is 4.39 Å². The molecule has 0 spiro atoms. The average molecular weight is 477 g/mol. The fourth-order valence-electron chi connectivity index (χ4n) is 4.22. The zero-order chi connectivity index (χ0) is 24.8. The maximum absolute atomic E-state index is 13.0. The number of aryl methyl sites for hydroxylation is 1. The van der Waals surface area contributed by atoms with E-state index in [1.54, 1.807) is 12.3 Å². The molecular formula is C27H29FN4O3. The van der Waals surface area contributed by atoms with E-state index in [1.165, 1.54) is 23.4 Å². The molecule has 0 radical (unpaired) electrons. The van der Waals surface area contributed by atoms with E-state index in [1.807, 2.05) is 25.1 Å². The Labute approximate surface area is 204 Å². The number of carboxylic acid groups (broad SMARTS) is 1. The average Bonchev–Trinajstić information content (AvgIpc) is 3.34. The highest BCUT2D eigenvalue weighted by Crippen LogP contribution is 2.22. The third-order valence-electron chi connectivity index (χ3n) is 6.30. The highest BCUT2D eigenvalue weighted by atomic mass is 19.1. The molecule has 1 unspecified atom stereocenters. The Kier molecular flexibility index (Phi) is 7.82. The van der Waals surface area contributed by atoms with Crippen molar-refractivity contribution < 1.29 is 19.1 Å². The number of aromatic nitrogens is 2. The lowest BCUT2D eigenvalue weighted by Gasteiger charge is -2.18. The number of nitrogens with zero attached hydrogens (tertiary/aromatic N) is 4.